The van der Waals surface area contributed by atoms with E-state index in [4.69, 9.17) is 10.6 Å². The molecule has 0 bridgehead atoms. The summed E-state index contributed by atoms with van der Waals surface area (Å²) in [6.07, 6.45) is 8.26. The standard InChI is InChI=1S/C26H30N2OS/c1-3-4-18-28-29-23-16-14-21(15-17-23)25(27)24-20(2)11-7-6-10-19-30-26(24)22-12-8-5-9-13-22/h5-9,11-17,24-26,28H,3-4,18,27H2,1-2H3/b7-6-,20-11+. The highest BCUT2D eigenvalue weighted by Gasteiger charge is 2.31. The van der Waals surface area contributed by atoms with Crippen molar-refractivity contribution < 1.29 is 4.84 Å². The summed E-state index contributed by atoms with van der Waals surface area (Å²) in [7, 11) is 0. The lowest BCUT2D eigenvalue weighted by Gasteiger charge is -2.32. The maximum absolute atomic E-state index is 6.87. The Labute approximate surface area is 184 Å². The van der Waals surface area contributed by atoms with E-state index in [0.29, 0.717) is 0 Å². The van der Waals surface area contributed by atoms with Gasteiger partial charge in [-0.25, -0.2) is 0 Å². The van der Waals surface area contributed by atoms with Crippen LogP contribution in [0.4, 0.5) is 0 Å². The van der Waals surface area contributed by atoms with Crippen molar-refractivity contribution in [1.29, 1.82) is 0 Å². The molecule has 30 heavy (non-hydrogen) atoms. The Morgan fingerprint density at radius 3 is 2.63 bits per heavy atom. The van der Waals surface area contributed by atoms with Crippen LogP contribution in [0.25, 0.3) is 0 Å². The van der Waals surface area contributed by atoms with E-state index in [9.17, 15) is 0 Å². The van der Waals surface area contributed by atoms with E-state index in [1.807, 2.05) is 30.4 Å². The molecule has 2 aromatic carbocycles. The molecule has 1 heterocycles. The van der Waals surface area contributed by atoms with Crippen molar-refractivity contribution in [2.45, 2.75) is 38.0 Å². The Hall–Kier alpha value is -2.45. The fraction of sp³-hybridized carbons (Fsp3) is 0.308. The minimum Gasteiger partial charge on any atom is -0.409 e. The Morgan fingerprint density at radius 1 is 1.13 bits per heavy atom. The molecule has 156 valence electrons. The Morgan fingerprint density at radius 2 is 1.90 bits per heavy atom. The molecule has 3 nitrogen and oxygen atoms in total. The average molecular weight is 419 g/mol. The van der Waals surface area contributed by atoms with Crippen molar-refractivity contribution >= 4 is 11.8 Å². The minimum absolute atomic E-state index is 0.115. The molecule has 0 amide bonds. The van der Waals surface area contributed by atoms with Crippen molar-refractivity contribution in [2.24, 2.45) is 11.7 Å². The van der Waals surface area contributed by atoms with Gasteiger partial charge in [-0.2, -0.15) is 5.48 Å². The maximum Gasteiger partial charge on any atom is 0.147 e. The fourth-order valence-electron chi connectivity index (χ4n) is 3.54. The molecule has 0 aromatic heterocycles. The highest BCUT2D eigenvalue weighted by Crippen LogP contribution is 2.45. The highest BCUT2D eigenvalue weighted by molar-refractivity contribution is 8.04. The first-order valence-electron chi connectivity index (χ1n) is 10.5. The molecule has 3 atom stereocenters. The zero-order valence-corrected chi connectivity index (χ0v) is 18.5. The molecule has 0 aliphatic carbocycles. The van der Waals surface area contributed by atoms with Crippen molar-refractivity contribution in [3.8, 4) is 16.9 Å². The normalized spacial score (nSPS) is 22.3. The van der Waals surface area contributed by atoms with Gasteiger partial charge in [0, 0.05) is 18.5 Å². The molecule has 0 radical (unpaired) electrons. The summed E-state index contributed by atoms with van der Waals surface area (Å²) >= 11 is 1.65. The van der Waals surface area contributed by atoms with Crippen LogP contribution in [0.2, 0.25) is 0 Å². The van der Waals surface area contributed by atoms with Gasteiger partial charge in [0.2, 0.25) is 0 Å². The molecule has 0 fully saturated rings. The number of benzene rings is 2. The van der Waals surface area contributed by atoms with Crippen molar-refractivity contribution in [3.63, 3.8) is 0 Å². The molecule has 3 rings (SSSR count). The summed E-state index contributed by atoms with van der Waals surface area (Å²) in [5.74, 6) is 4.02. The van der Waals surface area contributed by atoms with Crippen LogP contribution < -0.4 is 16.1 Å². The third kappa shape index (κ3) is 6.03. The predicted octanol–water partition coefficient (Wildman–Crippen LogP) is 5.94. The number of rotatable bonds is 8. The van der Waals surface area contributed by atoms with Crippen LogP contribution in [0.15, 0.2) is 78.4 Å². The van der Waals surface area contributed by atoms with E-state index in [0.717, 1.165) is 30.7 Å². The number of thioether (sulfide) groups is 1. The second kappa shape index (κ2) is 11.7. The van der Waals surface area contributed by atoms with E-state index in [-0.39, 0.29) is 17.2 Å². The zero-order chi connectivity index (χ0) is 21.2. The molecule has 0 saturated heterocycles. The highest BCUT2D eigenvalue weighted by atomic mass is 32.2. The largest absolute Gasteiger partial charge is 0.409 e. The molecule has 0 spiro atoms. The predicted molar refractivity (Wildman–Crippen MR) is 128 cm³/mol. The third-order valence-electron chi connectivity index (χ3n) is 5.24. The van der Waals surface area contributed by atoms with Crippen LogP contribution in [0.3, 0.4) is 0 Å². The first-order valence-corrected chi connectivity index (χ1v) is 11.4. The van der Waals surface area contributed by atoms with Crippen LogP contribution in [0.5, 0.6) is 5.75 Å². The number of nitrogens with two attached hydrogens (primary N) is 1. The van der Waals surface area contributed by atoms with E-state index >= 15 is 0 Å². The monoisotopic (exact) mass is 418 g/mol. The SMILES string of the molecule is CCCCNOc1ccc(C(N)C2/C(C)=C/C=C\C#CSC2c2ccccc2)cc1. The first-order chi connectivity index (χ1) is 14.7. The molecule has 1 aliphatic rings. The van der Waals surface area contributed by atoms with Gasteiger partial charge in [-0.05, 0) is 47.9 Å². The van der Waals surface area contributed by atoms with Crippen LogP contribution in [0, 0.1) is 17.1 Å². The molecule has 0 saturated carbocycles. The summed E-state index contributed by atoms with van der Waals surface area (Å²) in [4.78, 5) is 5.62. The van der Waals surface area contributed by atoms with Crippen LogP contribution >= 0.6 is 11.8 Å². The molecular weight excluding hydrogens is 388 g/mol. The smallest absolute Gasteiger partial charge is 0.147 e. The number of allylic oxidation sites excluding steroid dienone is 3. The summed E-state index contributed by atoms with van der Waals surface area (Å²) in [5, 5.41) is 3.39. The molecular formula is C26H30N2OS. The molecule has 1 aliphatic heterocycles. The van der Waals surface area contributed by atoms with Crippen molar-refractivity contribution in [2.75, 3.05) is 6.54 Å². The number of hydroxylamine groups is 1. The van der Waals surface area contributed by atoms with E-state index in [1.165, 1.54) is 11.1 Å². The number of nitrogens with one attached hydrogen (secondary N) is 1. The number of hydrogen-bond acceptors (Lipinski definition) is 4. The topological polar surface area (TPSA) is 47.3 Å². The molecule has 3 unspecified atom stereocenters. The summed E-state index contributed by atoms with van der Waals surface area (Å²) in [5.41, 5.74) is 13.4. The fourth-order valence-corrected chi connectivity index (χ4v) is 4.63. The number of unbranched alkanes of at least 4 members (excludes halogenated alkanes) is 1. The molecule has 3 N–H and O–H groups in total. The Kier molecular flexibility index (Phi) is 8.65. The van der Waals surface area contributed by atoms with Crippen molar-refractivity contribution in [3.05, 3.63) is 89.5 Å². The van der Waals surface area contributed by atoms with Gasteiger partial charge in [-0.15, -0.1) is 0 Å². The van der Waals surface area contributed by atoms with Crippen LogP contribution in [-0.4, -0.2) is 6.54 Å². The first kappa shape index (κ1) is 22.2. The molecule has 4 heteroatoms. The van der Waals surface area contributed by atoms with Gasteiger partial charge in [0.25, 0.3) is 0 Å². The maximum atomic E-state index is 6.87. The Bertz CT molecular complexity index is 910. The lowest BCUT2D eigenvalue weighted by atomic mass is 9.82. The van der Waals surface area contributed by atoms with Crippen molar-refractivity contribution in [1.82, 2.24) is 5.48 Å². The lowest BCUT2D eigenvalue weighted by Crippen LogP contribution is -2.27. The van der Waals surface area contributed by atoms with Gasteiger partial charge in [0.05, 0.1) is 5.25 Å². The minimum atomic E-state index is -0.158. The second-order valence-corrected chi connectivity index (χ2v) is 8.38. The zero-order valence-electron chi connectivity index (χ0n) is 17.7. The van der Waals surface area contributed by atoms with E-state index < -0.39 is 0 Å². The third-order valence-corrected chi connectivity index (χ3v) is 6.29. The number of hydrogen-bond donors (Lipinski definition) is 2. The van der Waals surface area contributed by atoms with Gasteiger partial charge in [0.1, 0.15) is 5.75 Å². The van der Waals surface area contributed by atoms with E-state index in [2.05, 4.69) is 73.0 Å². The van der Waals surface area contributed by atoms with Gasteiger partial charge in [0.15, 0.2) is 0 Å². The summed E-state index contributed by atoms with van der Waals surface area (Å²) in [6.45, 7) is 5.16. The van der Waals surface area contributed by atoms with Crippen LogP contribution in [0.1, 0.15) is 49.1 Å². The lowest BCUT2D eigenvalue weighted by molar-refractivity contribution is 0.194. The van der Waals surface area contributed by atoms with Gasteiger partial charge in [-0.3, -0.25) is 0 Å². The molecule has 2 aromatic rings. The summed E-state index contributed by atoms with van der Waals surface area (Å²) in [6, 6.07) is 18.5. The van der Waals surface area contributed by atoms with Crippen LogP contribution in [-0.2, 0) is 0 Å². The van der Waals surface area contributed by atoms with E-state index in [1.54, 1.807) is 11.8 Å². The Balaban J connectivity index is 1.84. The van der Waals surface area contributed by atoms with Gasteiger partial charge < -0.3 is 10.6 Å². The second-order valence-electron chi connectivity index (χ2n) is 7.44. The average Bonchev–Trinajstić information content (AvgIpc) is 2.87. The van der Waals surface area contributed by atoms with Gasteiger partial charge in [-0.1, -0.05) is 91.2 Å². The van der Waals surface area contributed by atoms with Gasteiger partial charge >= 0.3 is 0 Å². The summed E-state index contributed by atoms with van der Waals surface area (Å²) < 4.78 is 0. The quantitative estimate of drug-likeness (QED) is 0.316.